The summed E-state index contributed by atoms with van der Waals surface area (Å²) in [6, 6.07) is 7.43. The van der Waals surface area contributed by atoms with Gasteiger partial charge < -0.3 is 29.4 Å². The van der Waals surface area contributed by atoms with Crippen LogP contribution in [0.4, 0.5) is 5.82 Å². The van der Waals surface area contributed by atoms with Crippen LogP contribution >= 0.6 is 0 Å². The fourth-order valence-corrected chi connectivity index (χ4v) is 5.07. The Bertz CT molecular complexity index is 1380. The molecule has 0 radical (unpaired) electrons. The van der Waals surface area contributed by atoms with Gasteiger partial charge in [-0.1, -0.05) is 24.3 Å². The summed E-state index contributed by atoms with van der Waals surface area (Å²) in [4.78, 5) is 48.6. The Hall–Kier alpha value is -4.10. The molecular weight excluding hydrogens is 498 g/mol. The van der Waals surface area contributed by atoms with Crippen LogP contribution in [0, 0.1) is 0 Å². The molecule has 3 heterocycles. The zero-order valence-corrected chi connectivity index (χ0v) is 20.9. The molecule has 2 aliphatic rings. The largest absolute Gasteiger partial charge is 0.460 e. The molecule has 0 bridgehead atoms. The molecule has 1 aromatic carbocycles. The number of carbonyl (C=O) groups excluding carboxylic acids is 3. The minimum Gasteiger partial charge on any atom is -0.460 e. The fraction of sp³-hybridized carbons (Fsp3) is 0.440. The molecule has 38 heavy (non-hydrogen) atoms. The molecule has 0 amide bonds. The first-order chi connectivity index (χ1) is 18.3. The van der Waals surface area contributed by atoms with E-state index >= 15 is 0 Å². The zero-order chi connectivity index (χ0) is 27.0. The lowest BCUT2D eigenvalue weighted by atomic mass is 10.1. The monoisotopic (exact) mass is 525 g/mol. The lowest BCUT2D eigenvalue weighted by Gasteiger charge is -2.23. The SMILES string of the molecule is CC(=O)O[C@@H]1[C@H](OC(C)=O)[C@@H](CO)O[C@H]1n1cnc2c(N[C@@H]3c4ccccc4C[C@@H]3OC(C)=O)ncnc21. The van der Waals surface area contributed by atoms with E-state index in [-0.39, 0.29) is 12.0 Å². The number of aliphatic hydroxyl groups excluding tert-OH is 1. The first kappa shape index (κ1) is 25.5. The number of aliphatic hydroxyl groups is 1. The van der Waals surface area contributed by atoms with Crippen molar-refractivity contribution >= 4 is 34.9 Å². The van der Waals surface area contributed by atoms with Gasteiger partial charge in [0.2, 0.25) is 0 Å². The third kappa shape index (κ3) is 4.77. The number of hydrogen-bond donors (Lipinski definition) is 2. The van der Waals surface area contributed by atoms with Gasteiger partial charge in [0, 0.05) is 27.2 Å². The molecule has 6 atom stereocenters. The number of hydrogen-bond acceptors (Lipinski definition) is 12. The molecule has 1 aliphatic carbocycles. The first-order valence-corrected chi connectivity index (χ1v) is 12.1. The number of carbonyl (C=O) groups is 3. The first-order valence-electron chi connectivity index (χ1n) is 12.1. The summed E-state index contributed by atoms with van der Waals surface area (Å²) < 4.78 is 23.9. The summed E-state index contributed by atoms with van der Waals surface area (Å²) in [5.41, 5.74) is 2.77. The Balaban J connectivity index is 1.50. The molecular formula is C25H27N5O8. The van der Waals surface area contributed by atoms with Crippen LogP contribution in [0.5, 0.6) is 0 Å². The number of imidazole rings is 1. The van der Waals surface area contributed by atoms with Gasteiger partial charge in [0.05, 0.1) is 19.0 Å². The van der Waals surface area contributed by atoms with Gasteiger partial charge in [-0.05, 0) is 11.1 Å². The molecule has 1 saturated heterocycles. The summed E-state index contributed by atoms with van der Waals surface area (Å²) in [6.07, 6.45) is -1.14. The van der Waals surface area contributed by atoms with Crippen LogP contribution in [0.3, 0.4) is 0 Å². The highest BCUT2D eigenvalue weighted by molar-refractivity contribution is 5.83. The van der Waals surface area contributed by atoms with Crippen LogP contribution in [0.15, 0.2) is 36.9 Å². The van der Waals surface area contributed by atoms with Crippen molar-refractivity contribution in [1.29, 1.82) is 0 Å². The fourth-order valence-electron chi connectivity index (χ4n) is 5.07. The molecule has 2 aromatic heterocycles. The molecule has 0 spiro atoms. The topological polar surface area (TPSA) is 164 Å². The second kappa shape index (κ2) is 10.3. The normalized spacial score (nSPS) is 26.1. The minimum atomic E-state index is -1.06. The molecule has 13 nitrogen and oxygen atoms in total. The van der Waals surface area contributed by atoms with Crippen LogP contribution in [-0.4, -0.2) is 73.6 Å². The van der Waals surface area contributed by atoms with Gasteiger partial charge in [-0.2, -0.15) is 0 Å². The second-order valence-corrected chi connectivity index (χ2v) is 9.11. The smallest absolute Gasteiger partial charge is 0.303 e. The quantitative estimate of drug-likeness (QED) is 0.335. The highest BCUT2D eigenvalue weighted by Crippen LogP contribution is 2.38. The van der Waals surface area contributed by atoms with Gasteiger partial charge in [0.1, 0.15) is 18.5 Å². The van der Waals surface area contributed by atoms with Gasteiger partial charge in [-0.15, -0.1) is 0 Å². The minimum absolute atomic E-state index is 0.347. The van der Waals surface area contributed by atoms with Crippen molar-refractivity contribution in [3.05, 3.63) is 48.0 Å². The van der Waals surface area contributed by atoms with E-state index in [2.05, 4.69) is 20.3 Å². The summed E-state index contributed by atoms with van der Waals surface area (Å²) >= 11 is 0. The van der Waals surface area contributed by atoms with Crippen molar-refractivity contribution in [3.8, 4) is 0 Å². The molecule has 5 rings (SSSR count). The average molecular weight is 526 g/mol. The summed E-state index contributed by atoms with van der Waals surface area (Å²) in [7, 11) is 0. The molecule has 1 fully saturated rings. The average Bonchev–Trinajstić information content (AvgIpc) is 3.53. The maximum absolute atomic E-state index is 11.9. The Morgan fingerprint density at radius 3 is 2.45 bits per heavy atom. The highest BCUT2D eigenvalue weighted by Gasteiger charge is 2.50. The predicted octanol–water partition coefficient (Wildman–Crippen LogP) is 1.22. The third-order valence-corrected chi connectivity index (χ3v) is 6.50. The van der Waals surface area contributed by atoms with Gasteiger partial charge >= 0.3 is 17.9 Å². The van der Waals surface area contributed by atoms with Gasteiger partial charge in [-0.25, -0.2) is 15.0 Å². The molecule has 1 aliphatic heterocycles. The van der Waals surface area contributed by atoms with Gasteiger partial charge in [-0.3, -0.25) is 19.0 Å². The van der Waals surface area contributed by atoms with E-state index in [1.54, 1.807) is 0 Å². The molecule has 3 aromatic rings. The Morgan fingerprint density at radius 1 is 1.03 bits per heavy atom. The number of anilines is 1. The van der Waals surface area contributed by atoms with Crippen molar-refractivity contribution in [2.24, 2.45) is 0 Å². The number of nitrogens with one attached hydrogen (secondary N) is 1. The molecule has 2 N–H and O–H groups in total. The van der Waals surface area contributed by atoms with Crippen LogP contribution < -0.4 is 5.32 Å². The van der Waals surface area contributed by atoms with Crippen LogP contribution in [0.2, 0.25) is 0 Å². The van der Waals surface area contributed by atoms with E-state index < -0.39 is 49.2 Å². The second-order valence-electron chi connectivity index (χ2n) is 9.11. The van der Waals surface area contributed by atoms with E-state index in [1.807, 2.05) is 24.3 Å². The van der Waals surface area contributed by atoms with Crippen molar-refractivity contribution < 1.29 is 38.4 Å². The Labute approximate surface area is 217 Å². The number of aromatic nitrogens is 4. The van der Waals surface area contributed by atoms with E-state index in [0.29, 0.717) is 23.4 Å². The number of rotatable bonds is 7. The molecule has 13 heteroatoms. The Kier molecular flexibility index (Phi) is 6.95. The van der Waals surface area contributed by atoms with Gasteiger partial charge in [0.15, 0.2) is 35.4 Å². The maximum atomic E-state index is 11.9. The van der Waals surface area contributed by atoms with Crippen LogP contribution in [-0.2, 0) is 39.8 Å². The number of ether oxygens (including phenoxy) is 4. The van der Waals surface area contributed by atoms with Crippen molar-refractivity contribution in [1.82, 2.24) is 19.5 Å². The van der Waals surface area contributed by atoms with Gasteiger partial charge in [0.25, 0.3) is 0 Å². The molecule has 0 unspecified atom stereocenters. The van der Waals surface area contributed by atoms with E-state index in [1.165, 1.54) is 38.0 Å². The number of fused-ring (bicyclic) bond motifs is 2. The van der Waals surface area contributed by atoms with Crippen LogP contribution in [0.1, 0.15) is 44.2 Å². The van der Waals surface area contributed by atoms with Crippen LogP contribution in [0.25, 0.3) is 11.2 Å². The molecule has 0 saturated carbocycles. The standard InChI is InChI=1S/C25H27N5O8/c1-12(32)35-17-8-15-6-4-5-7-16(15)19(17)29-23-20-24(27-10-26-23)30(11-28-20)25-22(37-14(3)34)21(36-13(2)33)18(9-31)38-25/h4-7,10-11,17-19,21-22,25,31H,8-9H2,1-3H3,(H,26,27,29)/t17-,18+,19+,21+,22+,25+/m0/s1. The number of esters is 3. The van der Waals surface area contributed by atoms with Crippen molar-refractivity contribution in [2.45, 2.75) is 63.9 Å². The summed E-state index contributed by atoms with van der Waals surface area (Å²) in [6.45, 7) is 3.34. The van der Waals surface area contributed by atoms with E-state index in [9.17, 15) is 19.5 Å². The lowest BCUT2D eigenvalue weighted by molar-refractivity contribution is -0.165. The zero-order valence-electron chi connectivity index (χ0n) is 20.9. The predicted molar refractivity (Wildman–Crippen MR) is 129 cm³/mol. The number of nitrogens with zero attached hydrogens (tertiary/aromatic N) is 4. The molecule has 200 valence electrons. The van der Waals surface area contributed by atoms with Crippen molar-refractivity contribution in [2.75, 3.05) is 11.9 Å². The summed E-state index contributed by atoms with van der Waals surface area (Å²) in [5, 5.41) is 13.2. The highest BCUT2D eigenvalue weighted by atomic mass is 16.6. The summed E-state index contributed by atoms with van der Waals surface area (Å²) in [5.74, 6) is -1.22. The van der Waals surface area contributed by atoms with E-state index in [4.69, 9.17) is 18.9 Å². The lowest BCUT2D eigenvalue weighted by Crippen LogP contribution is -2.40. The van der Waals surface area contributed by atoms with Crippen molar-refractivity contribution in [3.63, 3.8) is 0 Å². The number of benzene rings is 1. The van der Waals surface area contributed by atoms with E-state index in [0.717, 1.165) is 11.1 Å². The Morgan fingerprint density at radius 2 is 1.74 bits per heavy atom. The third-order valence-electron chi connectivity index (χ3n) is 6.50. The maximum Gasteiger partial charge on any atom is 0.303 e.